The maximum atomic E-state index is 6.10. The zero-order valence-electron chi connectivity index (χ0n) is 11.1. The molecule has 0 radical (unpaired) electrons. The second-order valence-corrected chi connectivity index (χ2v) is 5.58. The lowest BCUT2D eigenvalue weighted by Crippen LogP contribution is -2.40. The molecule has 0 amide bonds. The molecule has 1 aliphatic rings. The average Bonchev–Trinajstić information content (AvgIpc) is 2.48. The lowest BCUT2D eigenvalue weighted by Gasteiger charge is -2.34. The number of likely N-dealkylation sites (tertiary alicyclic amines) is 1. The SMILES string of the molecule is ClCC1CCCCN1Cc1cccc2cccnc12. The number of alkyl halides is 1. The van der Waals surface area contributed by atoms with Crippen LogP contribution < -0.4 is 0 Å². The van der Waals surface area contributed by atoms with Crippen LogP contribution >= 0.6 is 11.6 Å². The van der Waals surface area contributed by atoms with Gasteiger partial charge in [-0.15, -0.1) is 11.6 Å². The number of rotatable bonds is 3. The van der Waals surface area contributed by atoms with Gasteiger partial charge in [-0.1, -0.05) is 30.7 Å². The van der Waals surface area contributed by atoms with Crippen molar-refractivity contribution in [1.82, 2.24) is 9.88 Å². The summed E-state index contributed by atoms with van der Waals surface area (Å²) in [6.07, 6.45) is 5.69. The smallest absolute Gasteiger partial charge is 0.0746 e. The molecule has 100 valence electrons. The molecule has 2 aromatic rings. The first-order chi connectivity index (χ1) is 9.38. The van der Waals surface area contributed by atoms with E-state index in [1.54, 1.807) is 0 Å². The maximum Gasteiger partial charge on any atom is 0.0746 e. The van der Waals surface area contributed by atoms with Gasteiger partial charge in [0.2, 0.25) is 0 Å². The third-order valence-corrected chi connectivity index (χ3v) is 4.37. The zero-order chi connectivity index (χ0) is 13.1. The Kier molecular flexibility index (Phi) is 4.00. The minimum Gasteiger partial charge on any atom is -0.295 e. The van der Waals surface area contributed by atoms with Crippen molar-refractivity contribution in [2.24, 2.45) is 0 Å². The highest BCUT2D eigenvalue weighted by Gasteiger charge is 2.22. The molecule has 3 heteroatoms. The summed E-state index contributed by atoms with van der Waals surface area (Å²) in [5, 5.41) is 1.22. The quantitative estimate of drug-likeness (QED) is 0.791. The van der Waals surface area contributed by atoms with E-state index in [0.717, 1.165) is 24.5 Å². The van der Waals surface area contributed by atoms with Crippen LogP contribution in [0.3, 0.4) is 0 Å². The van der Waals surface area contributed by atoms with E-state index >= 15 is 0 Å². The van der Waals surface area contributed by atoms with E-state index < -0.39 is 0 Å². The van der Waals surface area contributed by atoms with Crippen LogP contribution in [0.4, 0.5) is 0 Å². The molecule has 2 heterocycles. The molecule has 19 heavy (non-hydrogen) atoms. The van der Waals surface area contributed by atoms with Gasteiger partial charge in [-0.2, -0.15) is 0 Å². The fourth-order valence-corrected chi connectivity index (χ4v) is 3.31. The summed E-state index contributed by atoms with van der Waals surface area (Å²) in [5.41, 5.74) is 2.44. The van der Waals surface area contributed by atoms with Crippen molar-refractivity contribution in [2.75, 3.05) is 12.4 Å². The first-order valence-electron chi connectivity index (χ1n) is 7.01. The average molecular weight is 275 g/mol. The van der Waals surface area contributed by atoms with Crippen LogP contribution in [0.2, 0.25) is 0 Å². The zero-order valence-corrected chi connectivity index (χ0v) is 11.8. The highest BCUT2D eigenvalue weighted by atomic mass is 35.5. The fraction of sp³-hybridized carbons (Fsp3) is 0.438. The Hall–Kier alpha value is -1.12. The highest BCUT2D eigenvalue weighted by molar-refractivity contribution is 6.18. The van der Waals surface area contributed by atoms with Gasteiger partial charge in [0.25, 0.3) is 0 Å². The molecule has 0 aliphatic carbocycles. The summed E-state index contributed by atoms with van der Waals surface area (Å²) >= 11 is 6.10. The lowest BCUT2D eigenvalue weighted by atomic mass is 10.0. The molecule has 0 bridgehead atoms. The summed E-state index contributed by atoms with van der Waals surface area (Å²) in [4.78, 5) is 7.05. The van der Waals surface area contributed by atoms with Crippen LogP contribution in [0.25, 0.3) is 10.9 Å². The standard InChI is InChI=1S/C16H19ClN2/c17-11-15-8-1-2-10-19(15)12-14-6-3-5-13-7-4-9-18-16(13)14/h3-7,9,15H,1-2,8,10-12H2. The van der Waals surface area contributed by atoms with E-state index in [1.165, 1.54) is 30.2 Å². The Balaban J connectivity index is 1.88. The van der Waals surface area contributed by atoms with Gasteiger partial charge in [-0.05, 0) is 31.0 Å². The first kappa shape index (κ1) is 12.9. The molecule has 1 aliphatic heterocycles. The minimum atomic E-state index is 0.523. The molecule has 0 spiro atoms. The number of pyridine rings is 1. The molecule has 1 saturated heterocycles. The number of halogens is 1. The summed E-state index contributed by atoms with van der Waals surface area (Å²) in [7, 11) is 0. The van der Waals surface area contributed by atoms with Crippen molar-refractivity contribution < 1.29 is 0 Å². The molecule has 0 saturated carbocycles. The Bertz CT molecular complexity index is 550. The van der Waals surface area contributed by atoms with E-state index in [0.29, 0.717) is 6.04 Å². The molecule has 1 unspecified atom stereocenters. The number of fused-ring (bicyclic) bond motifs is 1. The van der Waals surface area contributed by atoms with Crippen LogP contribution in [0, 0.1) is 0 Å². The first-order valence-corrected chi connectivity index (χ1v) is 7.54. The summed E-state index contributed by atoms with van der Waals surface area (Å²) in [6.45, 7) is 2.12. The molecule has 1 fully saturated rings. The fourth-order valence-electron chi connectivity index (χ4n) is 2.96. The van der Waals surface area contributed by atoms with Crippen LogP contribution in [-0.2, 0) is 6.54 Å². The second kappa shape index (κ2) is 5.89. The minimum absolute atomic E-state index is 0.523. The van der Waals surface area contributed by atoms with Crippen molar-refractivity contribution in [1.29, 1.82) is 0 Å². The van der Waals surface area contributed by atoms with Gasteiger partial charge in [-0.3, -0.25) is 9.88 Å². The largest absolute Gasteiger partial charge is 0.295 e. The van der Waals surface area contributed by atoms with Gasteiger partial charge in [-0.25, -0.2) is 0 Å². The van der Waals surface area contributed by atoms with Gasteiger partial charge < -0.3 is 0 Å². The second-order valence-electron chi connectivity index (χ2n) is 5.27. The van der Waals surface area contributed by atoms with Crippen molar-refractivity contribution in [3.05, 3.63) is 42.1 Å². The van der Waals surface area contributed by atoms with Gasteiger partial charge in [0.15, 0.2) is 0 Å². The van der Waals surface area contributed by atoms with Crippen molar-refractivity contribution in [3.8, 4) is 0 Å². The topological polar surface area (TPSA) is 16.1 Å². The Morgan fingerprint density at radius 3 is 3.00 bits per heavy atom. The number of benzene rings is 1. The van der Waals surface area contributed by atoms with E-state index in [2.05, 4.69) is 34.1 Å². The summed E-state index contributed by atoms with van der Waals surface area (Å²) < 4.78 is 0. The normalized spacial score (nSPS) is 20.8. The van der Waals surface area contributed by atoms with Crippen LogP contribution in [-0.4, -0.2) is 28.4 Å². The predicted molar refractivity (Wildman–Crippen MR) is 80.5 cm³/mol. The van der Waals surface area contributed by atoms with E-state index in [4.69, 9.17) is 11.6 Å². The van der Waals surface area contributed by atoms with Crippen molar-refractivity contribution in [2.45, 2.75) is 31.8 Å². The molecule has 1 atom stereocenters. The Morgan fingerprint density at radius 1 is 1.21 bits per heavy atom. The summed E-state index contributed by atoms with van der Waals surface area (Å²) in [6, 6.07) is 11.1. The third-order valence-electron chi connectivity index (χ3n) is 4.02. The predicted octanol–water partition coefficient (Wildman–Crippen LogP) is 3.83. The Labute approximate surface area is 119 Å². The van der Waals surface area contributed by atoms with Gasteiger partial charge in [0.1, 0.15) is 0 Å². The number of nitrogens with zero attached hydrogens (tertiary/aromatic N) is 2. The van der Waals surface area contributed by atoms with E-state index in [-0.39, 0.29) is 0 Å². The van der Waals surface area contributed by atoms with Crippen LogP contribution in [0.15, 0.2) is 36.5 Å². The molecule has 0 N–H and O–H groups in total. The molecule has 1 aromatic carbocycles. The maximum absolute atomic E-state index is 6.10. The molecular formula is C16H19ClN2. The number of aromatic nitrogens is 1. The lowest BCUT2D eigenvalue weighted by molar-refractivity contribution is 0.155. The van der Waals surface area contributed by atoms with Gasteiger partial charge >= 0.3 is 0 Å². The van der Waals surface area contributed by atoms with Crippen molar-refractivity contribution >= 4 is 22.5 Å². The molecule has 1 aromatic heterocycles. The van der Waals surface area contributed by atoms with Crippen molar-refractivity contribution in [3.63, 3.8) is 0 Å². The monoisotopic (exact) mass is 274 g/mol. The van der Waals surface area contributed by atoms with Gasteiger partial charge in [0.05, 0.1) is 5.52 Å². The van der Waals surface area contributed by atoms with E-state index in [9.17, 15) is 0 Å². The van der Waals surface area contributed by atoms with Gasteiger partial charge in [0, 0.05) is 30.0 Å². The molecule has 3 rings (SSSR count). The Morgan fingerprint density at radius 2 is 2.11 bits per heavy atom. The number of piperidine rings is 1. The number of hydrogen-bond acceptors (Lipinski definition) is 2. The molecular weight excluding hydrogens is 256 g/mol. The highest BCUT2D eigenvalue weighted by Crippen LogP contribution is 2.23. The van der Waals surface area contributed by atoms with E-state index in [1.807, 2.05) is 12.3 Å². The van der Waals surface area contributed by atoms with Crippen LogP contribution in [0.5, 0.6) is 0 Å². The number of para-hydroxylation sites is 1. The van der Waals surface area contributed by atoms with Crippen LogP contribution in [0.1, 0.15) is 24.8 Å². The summed E-state index contributed by atoms with van der Waals surface area (Å²) in [5.74, 6) is 0.734. The third kappa shape index (κ3) is 2.75. The molecule has 2 nitrogen and oxygen atoms in total. The number of hydrogen-bond donors (Lipinski definition) is 0.